The molecule has 5 aromatic carbocycles. The Morgan fingerprint density at radius 3 is 1.91 bits per heavy atom. The van der Waals surface area contributed by atoms with Gasteiger partial charge in [0.25, 0.3) is 0 Å². The van der Waals surface area contributed by atoms with Gasteiger partial charge in [0.05, 0.1) is 11.0 Å². The summed E-state index contributed by atoms with van der Waals surface area (Å²) in [6, 6.07) is 37.7. The Labute approximate surface area is 206 Å². The summed E-state index contributed by atoms with van der Waals surface area (Å²) in [4.78, 5) is 0. The minimum Gasteiger partial charge on any atom is -0.423 e. The lowest BCUT2D eigenvalue weighted by molar-refractivity contribution is 0.426. The summed E-state index contributed by atoms with van der Waals surface area (Å²) in [7, 11) is -1.56. The SMILES string of the molecule is OB(O)c1cc(-n2c3ccccc3c3ccccc32)cc2c1sc1ccc(-c3ccccc3)cc12. The van der Waals surface area contributed by atoms with Crippen molar-refractivity contribution >= 4 is 65.9 Å². The van der Waals surface area contributed by atoms with Crippen LogP contribution in [0.5, 0.6) is 0 Å². The van der Waals surface area contributed by atoms with Crippen molar-refractivity contribution in [1.82, 2.24) is 4.57 Å². The van der Waals surface area contributed by atoms with Crippen LogP contribution in [0.25, 0.3) is 58.8 Å². The van der Waals surface area contributed by atoms with E-state index < -0.39 is 7.12 Å². The highest BCUT2D eigenvalue weighted by molar-refractivity contribution is 7.27. The monoisotopic (exact) mass is 469 g/mol. The molecule has 7 rings (SSSR count). The molecule has 2 aromatic heterocycles. The standard InChI is InChI=1S/C30H20BNO2S/c33-31(34)26-18-21(32-27-12-6-4-10-22(27)23-11-5-7-13-28(23)32)17-25-24-16-20(19-8-2-1-3-9-19)14-15-29(24)35-30(25)26/h1-18,33-34H. The molecule has 2 N–H and O–H groups in total. The molecule has 166 valence electrons. The zero-order valence-electron chi connectivity index (χ0n) is 18.7. The summed E-state index contributed by atoms with van der Waals surface area (Å²) in [5.74, 6) is 0. The van der Waals surface area contributed by atoms with Gasteiger partial charge >= 0.3 is 7.12 Å². The molecule has 0 saturated carbocycles. The molecule has 0 atom stereocenters. The van der Waals surface area contributed by atoms with E-state index in [9.17, 15) is 10.0 Å². The van der Waals surface area contributed by atoms with Crippen molar-refractivity contribution in [2.24, 2.45) is 0 Å². The van der Waals surface area contributed by atoms with E-state index in [1.54, 1.807) is 11.3 Å². The fourth-order valence-corrected chi connectivity index (χ4v) is 6.42. The van der Waals surface area contributed by atoms with Crippen LogP contribution >= 0.6 is 11.3 Å². The summed E-state index contributed by atoms with van der Waals surface area (Å²) >= 11 is 1.60. The zero-order valence-corrected chi connectivity index (χ0v) is 19.5. The molecule has 0 radical (unpaired) electrons. The van der Waals surface area contributed by atoms with E-state index in [-0.39, 0.29) is 0 Å². The van der Waals surface area contributed by atoms with E-state index in [0.717, 1.165) is 48.0 Å². The summed E-state index contributed by atoms with van der Waals surface area (Å²) < 4.78 is 4.26. The number of rotatable bonds is 3. The van der Waals surface area contributed by atoms with Crippen LogP contribution in [0.1, 0.15) is 0 Å². The van der Waals surface area contributed by atoms with Gasteiger partial charge in [-0.25, -0.2) is 0 Å². The maximum atomic E-state index is 10.4. The normalized spacial score (nSPS) is 11.7. The lowest BCUT2D eigenvalue weighted by Gasteiger charge is -2.11. The molecular weight excluding hydrogens is 449 g/mol. The Hall–Kier alpha value is -3.90. The number of thiophene rings is 1. The predicted molar refractivity (Wildman–Crippen MR) is 149 cm³/mol. The molecule has 7 aromatic rings. The molecule has 2 heterocycles. The van der Waals surface area contributed by atoms with E-state index >= 15 is 0 Å². The molecule has 5 heteroatoms. The number of hydrogen-bond donors (Lipinski definition) is 2. The van der Waals surface area contributed by atoms with Crippen LogP contribution in [0.3, 0.4) is 0 Å². The Balaban J connectivity index is 1.58. The quantitative estimate of drug-likeness (QED) is 0.290. The lowest BCUT2D eigenvalue weighted by atomic mass is 9.79. The average molecular weight is 469 g/mol. The molecule has 0 aliphatic rings. The molecule has 0 fully saturated rings. The van der Waals surface area contributed by atoms with Gasteiger partial charge < -0.3 is 14.6 Å². The van der Waals surface area contributed by atoms with Crippen LogP contribution in [0.4, 0.5) is 0 Å². The van der Waals surface area contributed by atoms with Crippen LogP contribution in [-0.2, 0) is 0 Å². The van der Waals surface area contributed by atoms with Crippen LogP contribution in [-0.4, -0.2) is 21.7 Å². The molecule has 0 saturated heterocycles. The summed E-state index contributed by atoms with van der Waals surface area (Å²) in [5.41, 5.74) is 5.94. The average Bonchev–Trinajstić information content (AvgIpc) is 3.44. The summed E-state index contributed by atoms with van der Waals surface area (Å²) in [5, 5.41) is 25.3. The first-order chi connectivity index (χ1) is 17.2. The first kappa shape index (κ1) is 20.5. The molecule has 0 aliphatic heterocycles. The van der Waals surface area contributed by atoms with E-state index in [1.165, 1.54) is 10.8 Å². The maximum absolute atomic E-state index is 10.4. The van der Waals surface area contributed by atoms with Gasteiger partial charge in [-0.2, -0.15) is 0 Å². The fraction of sp³-hybridized carbons (Fsp3) is 0. The van der Waals surface area contributed by atoms with E-state index in [2.05, 4.69) is 77.4 Å². The molecule has 35 heavy (non-hydrogen) atoms. The highest BCUT2D eigenvalue weighted by atomic mass is 32.1. The Bertz CT molecular complexity index is 1830. The second kappa shape index (κ2) is 7.82. The number of para-hydroxylation sites is 2. The van der Waals surface area contributed by atoms with Gasteiger partial charge in [0, 0.05) is 42.1 Å². The van der Waals surface area contributed by atoms with Crippen molar-refractivity contribution in [2.45, 2.75) is 0 Å². The van der Waals surface area contributed by atoms with Crippen molar-refractivity contribution in [3.63, 3.8) is 0 Å². The van der Waals surface area contributed by atoms with Gasteiger partial charge in [-0.15, -0.1) is 11.3 Å². The van der Waals surface area contributed by atoms with Crippen LogP contribution in [0, 0.1) is 0 Å². The third-order valence-corrected chi connectivity index (χ3v) is 8.04. The molecule has 0 amide bonds. The summed E-state index contributed by atoms with van der Waals surface area (Å²) in [6.45, 7) is 0. The van der Waals surface area contributed by atoms with Gasteiger partial charge in [0.1, 0.15) is 0 Å². The largest absolute Gasteiger partial charge is 0.489 e. The van der Waals surface area contributed by atoms with E-state index in [0.29, 0.717) is 5.46 Å². The number of nitrogens with zero attached hydrogens (tertiary/aromatic N) is 1. The molecular formula is C30H20BNO2S. The van der Waals surface area contributed by atoms with Crippen molar-refractivity contribution < 1.29 is 10.0 Å². The number of aromatic nitrogens is 1. The molecule has 0 bridgehead atoms. The predicted octanol–water partition coefficient (Wildman–Crippen LogP) is 6.50. The first-order valence-corrected chi connectivity index (χ1v) is 12.4. The third kappa shape index (κ3) is 3.13. The summed E-state index contributed by atoms with van der Waals surface area (Å²) in [6.07, 6.45) is 0. The molecule has 0 spiro atoms. The Kier molecular flexibility index (Phi) is 4.58. The van der Waals surface area contributed by atoms with Crippen molar-refractivity contribution in [1.29, 1.82) is 0 Å². The smallest absolute Gasteiger partial charge is 0.423 e. The second-order valence-electron chi connectivity index (χ2n) is 8.83. The molecule has 0 unspecified atom stereocenters. The van der Waals surface area contributed by atoms with Gasteiger partial charge in [0.2, 0.25) is 0 Å². The Morgan fingerprint density at radius 2 is 1.23 bits per heavy atom. The number of fused-ring (bicyclic) bond motifs is 6. The minimum atomic E-state index is -1.56. The molecule has 0 aliphatic carbocycles. The lowest BCUT2D eigenvalue weighted by Crippen LogP contribution is -2.30. The van der Waals surface area contributed by atoms with Crippen LogP contribution in [0.15, 0.2) is 109 Å². The number of hydrogen-bond acceptors (Lipinski definition) is 3. The fourth-order valence-electron chi connectivity index (χ4n) is 5.22. The van der Waals surface area contributed by atoms with Crippen molar-refractivity contribution in [2.75, 3.05) is 0 Å². The van der Waals surface area contributed by atoms with E-state index in [1.807, 2.05) is 36.4 Å². The van der Waals surface area contributed by atoms with E-state index in [4.69, 9.17) is 0 Å². The van der Waals surface area contributed by atoms with Gasteiger partial charge in [-0.1, -0.05) is 72.8 Å². The maximum Gasteiger partial charge on any atom is 0.489 e. The highest BCUT2D eigenvalue weighted by Crippen LogP contribution is 2.38. The van der Waals surface area contributed by atoms with Crippen molar-refractivity contribution in [3.8, 4) is 16.8 Å². The Morgan fingerprint density at radius 1 is 0.571 bits per heavy atom. The minimum absolute atomic E-state index is 0.529. The second-order valence-corrected chi connectivity index (χ2v) is 9.89. The number of benzene rings is 5. The van der Waals surface area contributed by atoms with Gasteiger partial charge in [-0.3, -0.25) is 0 Å². The topological polar surface area (TPSA) is 45.4 Å². The van der Waals surface area contributed by atoms with Crippen molar-refractivity contribution in [3.05, 3.63) is 109 Å². The first-order valence-electron chi connectivity index (χ1n) is 11.6. The van der Waals surface area contributed by atoms with Crippen LogP contribution in [0.2, 0.25) is 0 Å². The van der Waals surface area contributed by atoms with Gasteiger partial charge in [-0.05, 0) is 47.5 Å². The third-order valence-electron chi connectivity index (χ3n) is 6.81. The van der Waals surface area contributed by atoms with Gasteiger partial charge in [0.15, 0.2) is 0 Å². The zero-order chi connectivity index (χ0) is 23.5. The molecule has 3 nitrogen and oxygen atoms in total. The highest BCUT2D eigenvalue weighted by Gasteiger charge is 2.21. The van der Waals surface area contributed by atoms with Crippen LogP contribution < -0.4 is 5.46 Å².